The Balaban J connectivity index is 2.02. The van der Waals surface area contributed by atoms with Gasteiger partial charge in [0.25, 0.3) is 0 Å². The standard InChI is InChI=1S/C18H17ClF2N4O2S2/c1-24(2)29(26,27)23-18(28)25-10-13(16-14(20)4-3-5-15(16)21)17(22-25)11-6-8-12(19)9-7-11/h3-9,13H,10H2,1-2H3,(H,23,28). The first-order valence-corrected chi connectivity index (χ1v) is 10.6. The van der Waals surface area contributed by atoms with Gasteiger partial charge in [-0.3, -0.25) is 0 Å². The first-order chi connectivity index (χ1) is 13.6. The smallest absolute Gasteiger partial charge is 0.245 e. The Labute approximate surface area is 177 Å². The predicted octanol–water partition coefficient (Wildman–Crippen LogP) is 3.10. The van der Waals surface area contributed by atoms with Crippen molar-refractivity contribution in [1.29, 1.82) is 0 Å². The van der Waals surface area contributed by atoms with E-state index in [0.29, 0.717) is 16.3 Å². The van der Waals surface area contributed by atoms with Crippen molar-refractivity contribution in [3.05, 3.63) is 70.2 Å². The van der Waals surface area contributed by atoms with Crippen LogP contribution in [0.2, 0.25) is 5.02 Å². The summed E-state index contributed by atoms with van der Waals surface area (Å²) in [5, 5.41) is 5.85. The maximum atomic E-state index is 14.5. The molecular formula is C18H17ClF2N4O2S2. The molecule has 0 fully saturated rings. The number of hydrazone groups is 1. The lowest BCUT2D eigenvalue weighted by Crippen LogP contribution is -2.44. The van der Waals surface area contributed by atoms with Gasteiger partial charge in [-0.05, 0) is 42.0 Å². The van der Waals surface area contributed by atoms with Crippen LogP contribution in [0, 0.1) is 11.6 Å². The average molecular weight is 459 g/mol. The molecule has 1 N–H and O–H groups in total. The number of nitrogens with zero attached hydrogens (tertiary/aromatic N) is 3. The van der Waals surface area contributed by atoms with Crippen LogP contribution >= 0.6 is 23.8 Å². The lowest BCUT2D eigenvalue weighted by atomic mass is 9.90. The van der Waals surface area contributed by atoms with Gasteiger partial charge in [-0.2, -0.15) is 17.8 Å². The van der Waals surface area contributed by atoms with E-state index in [-0.39, 0.29) is 17.2 Å². The number of thiocarbonyl (C=S) groups is 1. The summed E-state index contributed by atoms with van der Waals surface area (Å²) in [5.74, 6) is -2.25. The Morgan fingerprint density at radius 1 is 1.21 bits per heavy atom. The Bertz CT molecular complexity index is 1060. The molecular weight excluding hydrogens is 442 g/mol. The molecule has 1 atom stereocenters. The quantitative estimate of drug-likeness (QED) is 0.715. The molecule has 1 aliphatic heterocycles. The van der Waals surface area contributed by atoms with Gasteiger partial charge in [-0.25, -0.2) is 18.5 Å². The third kappa shape index (κ3) is 4.55. The normalized spacial score (nSPS) is 16.8. The van der Waals surface area contributed by atoms with E-state index < -0.39 is 27.8 Å². The molecule has 0 amide bonds. The van der Waals surface area contributed by atoms with Gasteiger partial charge in [0.05, 0.1) is 18.2 Å². The molecule has 0 bridgehead atoms. The van der Waals surface area contributed by atoms with Gasteiger partial charge in [0.2, 0.25) is 5.11 Å². The van der Waals surface area contributed by atoms with Gasteiger partial charge >= 0.3 is 10.2 Å². The van der Waals surface area contributed by atoms with Crippen molar-refractivity contribution in [2.45, 2.75) is 5.92 Å². The Hall–Kier alpha value is -2.14. The van der Waals surface area contributed by atoms with Crippen LogP contribution in [-0.4, -0.2) is 49.2 Å². The largest absolute Gasteiger partial charge is 0.302 e. The molecule has 11 heteroatoms. The number of benzene rings is 2. The molecule has 1 unspecified atom stereocenters. The van der Waals surface area contributed by atoms with Crippen LogP contribution in [0.1, 0.15) is 17.0 Å². The Kier molecular flexibility index (Phi) is 6.18. The molecule has 0 saturated carbocycles. The third-order valence-corrected chi connectivity index (χ3v) is 6.44. The number of halogens is 3. The zero-order chi connectivity index (χ0) is 21.3. The molecule has 2 aromatic rings. The maximum Gasteiger partial charge on any atom is 0.302 e. The van der Waals surface area contributed by atoms with E-state index in [1.165, 1.54) is 25.2 Å². The van der Waals surface area contributed by atoms with Crippen molar-refractivity contribution < 1.29 is 17.2 Å². The average Bonchev–Trinajstić information content (AvgIpc) is 3.07. The van der Waals surface area contributed by atoms with E-state index in [0.717, 1.165) is 16.4 Å². The first-order valence-electron chi connectivity index (χ1n) is 8.40. The van der Waals surface area contributed by atoms with E-state index in [9.17, 15) is 17.2 Å². The van der Waals surface area contributed by atoms with Crippen LogP contribution in [0.4, 0.5) is 8.78 Å². The molecule has 154 valence electrons. The number of rotatable bonds is 4. The molecule has 0 spiro atoms. The summed E-state index contributed by atoms with van der Waals surface area (Å²) < 4.78 is 56.2. The zero-order valence-electron chi connectivity index (χ0n) is 15.4. The second kappa shape index (κ2) is 8.31. The molecule has 1 heterocycles. The molecule has 0 aliphatic carbocycles. The summed E-state index contributed by atoms with van der Waals surface area (Å²) in [6, 6.07) is 10.2. The minimum absolute atomic E-state index is 0.0371. The van der Waals surface area contributed by atoms with E-state index in [1.807, 2.05) is 0 Å². The Morgan fingerprint density at radius 3 is 2.34 bits per heavy atom. The zero-order valence-corrected chi connectivity index (χ0v) is 17.8. The fourth-order valence-electron chi connectivity index (χ4n) is 2.83. The summed E-state index contributed by atoms with van der Waals surface area (Å²) in [6.45, 7) is -0.0371. The summed E-state index contributed by atoms with van der Waals surface area (Å²) in [4.78, 5) is 0. The van der Waals surface area contributed by atoms with Crippen LogP contribution in [0.15, 0.2) is 47.6 Å². The van der Waals surface area contributed by atoms with Gasteiger partial charge in [0.1, 0.15) is 11.6 Å². The van der Waals surface area contributed by atoms with Crippen molar-refractivity contribution in [2.24, 2.45) is 5.10 Å². The van der Waals surface area contributed by atoms with Gasteiger partial charge < -0.3 is 0 Å². The van der Waals surface area contributed by atoms with Crippen molar-refractivity contribution in [1.82, 2.24) is 14.0 Å². The minimum atomic E-state index is -3.86. The fraction of sp³-hybridized carbons (Fsp3) is 0.222. The van der Waals surface area contributed by atoms with Gasteiger partial charge in [-0.15, -0.1) is 0 Å². The first kappa shape index (κ1) is 21.6. The highest BCUT2D eigenvalue weighted by molar-refractivity contribution is 7.89. The van der Waals surface area contributed by atoms with Crippen molar-refractivity contribution >= 4 is 44.9 Å². The van der Waals surface area contributed by atoms with Crippen LogP contribution in [0.3, 0.4) is 0 Å². The molecule has 6 nitrogen and oxygen atoms in total. The molecule has 1 aliphatic rings. The minimum Gasteiger partial charge on any atom is -0.245 e. The van der Waals surface area contributed by atoms with E-state index in [1.54, 1.807) is 24.3 Å². The highest BCUT2D eigenvalue weighted by Gasteiger charge is 2.35. The monoisotopic (exact) mass is 458 g/mol. The summed E-state index contributed by atoms with van der Waals surface area (Å²) in [7, 11) is -1.17. The summed E-state index contributed by atoms with van der Waals surface area (Å²) in [5.41, 5.74) is 0.766. The second-order valence-corrected chi connectivity index (χ2v) is 9.16. The van der Waals surface area contributed by atoms with E-state index in [2.05, 4.69) is 9.82 Å². The predicted molar refractivity (Wildman–Crippen MR) is 112 cm³/mol. The Morgan fingerprint density at radius 2 is 1.79 bits per heavy atom. The molecule has 0 saturated heterocycles. The van der Waals surface area contributed by atoms with Crippen LogP contribution < -0.4 is 4.72 Å². The number of hydrogen-bond acceptors (Lipinski definition) is 4. The maximum absolute atomic E-state index is 14.5. The van der Waals surface area contributed by atoms with E-state index in [4.69, 9.17) is 23.8 Å². The van der Waals surface area contributed by atoms with Crippen LogP contribution in [0.25, 0.3) is 0 Å². The van der Waals surface area contributed by atoms with Gasteiger partial charge in [0, 0.05) is 24.7 Å². The molecule has 29 heavy (non-hydrogen) atoms. The SMILES string of the molecule is CN(C)S(=O)(=O)NC(=S)N1CC(c2c(F)cccc2F)C(c2ccc(Cl)cc2)=N1. The second-order valence-electron chi connectivity index (χ2n) is 6.46. The van der Waals surface area contributed by atoms with Gasteiger partial charge in [0.15, 0.2) is 0 Å². The molecule has 0 radical (unpaired) electrons. The van der Waals surface area contributed by atoms with Crippen LogP contribution in [0.5, 0.6) is 0 Å². The van der Waals surface area contributed by atoms with Gasteiger partial charge in [-0.1, -0.05) is 29.8 Å². The lowest BCUT2D eigenvalue weighted by Gasteiger charge is -2.20. The lowest BCUT2D eigenvalue weighted by molar-refractivity contribution is 0.454. The molecule has 3 rings (SSSR count). The topological polar surface area (TPSA) is 65.0 Å². The van der Waals surface area contributed by atoms with Crippen molar-refractivity contribution in [2.75, 3.05) is 20.6 Å². The van der Waals surface area contributed by atoms with Crippen LogP contribution in [-0.2, 0) is 10.2 Å². The number of hydrogen-bond donors (Lipinski definition) is 1. The molecule has 2 aromatic carbocycles. The summed E-state index contributed by atoms with van der Waals surface area (Å²) >= 11 is 11.1. The highest BCUT2D eigenvalue weighted by Crippen LogP contribution is 2.32. The number of nitrogens with one attached hydrogen (secondary N) is 1. The fourth-order valence-corrected chi connectivity index (χ4v) is 3.90. The highest BCUT2D eigenvalue weighted by atomic mass is 35.5. The molecule has 0 aromatic heterocycles. The van der Waals surface area contributed by atoms with E-state index >= 15 is 0 Å². The van der Waals surface area contributed by atoms with Crippen molar-refractivity contribution in [3.8, 4) is 0 Å². The van der Waals surface area contributed by atoms with Crippen molar-refractivity contribution in [3.63, 3.8) is 0 Å². The third-order valence-electron chi connectivity index (χ3n) is 4.33. The summed E-state index contributed by atoms with van der Waals surface area (Å²) in [6.07, 6.45) is 0.